The first-order chi connectivity index (χ1) is 7.70. The highest BCUT2D eigenvalue weighted by molar-refractivity contribution is 5.48. The van der Waals surface area contributed by atoms with Gasteiger partial charge in [-0.05, 0) is 12.5 Å². The summed E-state index contributed by atoms with van der Waals surface area (Å²) in [5, 5.41) is 21.2. The summed E-state index contributed by atoms with van der Waals surface area (Å²) >= 11 is 0. The van der Waals surface area contributed by atoms with Gasteiger partial charge in [-0.1, -0.05) is 42.5 Å². The molecule has 0 unspecified atom stereocenters. The molecule has 0 fully saturated rings. The number of hydrogen-bond acceptors (Lipinski definition) is 3. The molecule has 0 saturated carbocycles. The Morgan fingerprint density at radius 1 is 1.19 bits per heavy atom. The molecule has 0 saturated heterocycles. The van der Waals surface area contributed by atoms with Crippen LogP contribution in [0.5, 0.6) is 0 Å². The van der Waals surface area contributed by atoms with Crippen molar-refractivity contribution in [3.63, 3.8) is 0 Å². The molecule has 3 nitrogen and oxygen atoms in total. The average Bonchev–Trinajstić information content (AvgIpc) is 2.36. The van der Waals surface area contributed by atoms with Gasteiger partial charge in [-0.15, -0.1) is 0 Å². The van der Waals surface area contributed by atoms with Gasteiger partial charge in [-0.25, -0.2) is 0 Å². The minimum Gasteiger partial charge on any atom is -0.394 e. The Bertz CT molecular complexity index is 318. The Morgan fingerprint density at radius 2 is 1.81 bits per heavy atom. The molecule has 16 heavy (non-hydrogen) atoms. The monoisotopic (exact) mass is 221 g/mol. The molecular weight excluding hydrogens is 202 g/mol. The second kappa shape index (κ2) is 6.43. The predicted molar refractivity (Wildman–Crippen MR) is 66.1 cm³/mol. The quantitative estimate of drug-likeness (QED) is 0.672. The number of aliphatic hydroxyl groups excluding tert-OH is 2. The van der Waals surface area contributed by atoms with E-state index in [9.17, 15) is 0 Å². The van der Waals surface area contributed by atoms with Gasteiger partial charge in [0.05, 0.1) is 18.8 Å². The van der Waals surface area contributed by atoms with Crippen molar-refractivity contribution in [2.24, 2.45) is 0 Å². The van der Waals surface area contributed by atoms with Gasteiger partial charge in [-0.3, -0.25) is 0 Å². The molecule has 3 heteroatoms. The van der Waals surface area contributed by atoms with Crippen LogP contribution in [0.1, 0.15) is 12.5 Å². The van der Waals surface area contributed by atoms with Crippen LogP contribution in [0.15, 0.2) is 36.4 Å². The molecule has 88 valence electrons. The molecule has 0 atom stereocenters. The zero-order valence-corrected chi connectivity index (χ0v) is 9.56. The van der Waals surface area contributed by atoms with Crippen LogP contribution in [-0.2, 0) is 0 Å². The van der Waals surface area contributed by atoms with E-state index in [1.165, 1.54) is 0 Å². The highest BCUT2D eigenvalue weighted by Crippen LogP contribution is 2.02. The zero-order chi connectivity index (χ0) is 11.9. The lowest BCUT2D eigenvalue weighted by atomic mass is 10.1. The number of hydrogen-bond donors (Lipinski definition) is 3. The van der Waals surface area contributed by atoms with Crippen LogP contribution in [0.3, 0.4) is 0 Å². The normalized spacial score (nSPS) is 12.2. The molecular formula is C13H19NO2. The van der Waals surface area contributed by atoms with E-state index in [0.29, 0.717) is 6.54 Å². The van der Waals surface area contributed by atoms with Crippen molar-refractivity contribution in [1.82, 2.24) is 5.32 Å². The van der Waals surface area contributed by atoms with Gasteiger partial charge in [0.2, 0.25) is 0 Å². The van der Waals surface area contributed by atoms with Crippen LogP contribution >= 0.6 is 0 Å². The van der Waals surface area contributed by atoms with Gasteiger partial charge in [0.1, 0.15) is 0 Å². The van der Waals surface area contributed by atoms with Crippen molar-refractivity contribution in [2.75, 3.05) is 19.8 Å². The summed E-state index contributed by atoms with van der Waals surface area (Å²) in [6.07, 6.45) is 3.97. The maximum absolute atomic E-state index is 9.06. The molecule has 0 aliphatic heterocycles. The lowest BCUT2D eigenvalue weighted by Crippen LogP contribution is -2.48. The number of nitrogens with one attached hydrogen (secondary N) is 1. The smallest absolute Gasteiger partial charge is 0.0633 e. The fraction of sp³-hybridized carbons (Fsp3) is 0.385. The summed E-state index contributed by atoms with van der Waals surface area (Å²) in [7, 11) is 0. The van der Waals surface area contributed by atoms with Crippen molar-refractivity contribution < 1.29 is 10.2 Å². The second-order valence-corrected chi connectivity index (χ2v) is 4.07. The standard InChI is InChI=1S/C13H19NO2/c1-13(10-15,11-16)14-9-5-8-12-6-3-2-4-7-12/h2-8,14-16H,9-11H2,1H3/b8-5+. The maximum atomic E-state index is 9.06. The van der Waals surface area contributed by atoms with E-state index in [1.54, 1.807) is 6.92 Å². The fourth-order valence-electron chi connectivity index (χ4n) is 1.23. The van der Waals surface area contributed by atoms with E-state index in [4.69, 9.17) is 10.2 Å². The first-order valence-corrected chi connectivity index (χ1v) is 5.38. The third kappa shape index (κ3) is 4.14. The lowest BCUT2D eigenvalue weighted by molar-refractivity contribution is 0.107. The molecule has 0 aromatic heterocycles. The zero-order valence-electron chi connectivity index (χ0n) is 9.56. The van der Waals surface area contributed by atoms with Crippen molar-refractivity contribution in [2.45, 2.75) is 12.5 Å². The summed E-state index contributed by atoms with van der Waals surface area (Å²) < 4.78 is 0. The minimum absolute atomic E-state index is 0.0807. The van der Waals surface area contributed by atoms with Crippen molar-refractivity contribution in [3.8, 4) is 0 Å². The van der Waals surface area contributed by atoms with Gasteiger partial charge >= 0.3 is 0 Å². The van der Waals surface area contributed by atoms with Crippen LogP contribution in [0.25, 0.3) is 6.08 Å². The summed E-state index contributed by atoms with van der Waals surface area (Å²) in [5.41, 5.74) is 0.528. The van der Waals surface area contributed by atoms with E-state index in [2.05, 4.69) is 5.32 Å². The predicted octanol–water partition coefficient (Wildman–Crippen LogP) is 1.03. The highest BCUT2D eigenvalue weighted by atomic mass is 16.3. The summed E-state index contributed by atoms with van der Waals surface area (Å²) in [5.74, 6) is 0. The van der Waals surface area contributed by atoms with Gasteiger partial charge in [0, 0.05) is 6.54 Å². The van der Waals surface area contributed by atoms with E-state index >= 15 is 0 Å². The average molecular weight is 221 g/mol. The van der Waals surface area contributed by atoms with E-state index in [0.717, 1.165) is 5.56 Å². The third-order valence-electron chi connectivity index (χ3n) is 2.45. The molecule has 0 spiro atoms. The number of rotatable bonds is 6. The molecule has 1 aromatic carbocycles. The molecule has 1 aromatic rings. The Morgan fingerprint density at radius 3 is 2.38 bits per heavy atom. The minimum atomic E-state index is -0.610. The third-order valence-corrected chi connectivity index (χ3v) is 2.45. The SMILES string of the molecule is CC(CO)(CO)NC/C=C/c1ccccc1. The molecule has 0 amide bonds. The van der Waals surface area contributed by atoms with Crippen LogP contribution in [0.4, 0.5) is 0 Å². The largest absolute Gasteiger partial charge is 0.394 e. The first-order valence-electron chi connectivity index (χ1n) is 5.38. The summed E-state index contributed by atoms with van der Waals surface area (Å²) in [6.45, 7) is 2.24. The summed E-state index contributed by atoms with van der Waals surface area (Å²) in [6, 6.07) is 9.99. The molecule has 0 heterocycles. The highest BCUT2D eigenvalue weighted by Gasteiger charge is 2.19. The van der Waals surface area contributed by atoms with Crippen molar-refractivity contribution in [3.05, 3.63) is 42.0 Å². The fourth-order valence-corrected chi connectivity index (χ4v) is 1.23. The first kappa shape index (κ1) is 12.9. The van der Waals surface area contributed by atoms with Crippen LogP contribution in [-0.4, -0.2) is 35.5 Å². The van der Waals surface area contributed by atoms with Gasteiger partial charge in [0.25, 0.3) is 0 Å². The summed E-state index contributed by atoms with van der Waals surface area (Å²) in [4.78, 5) is 0. The second-order valence-electron chi connectivity index (χ2n) is 4.07. The Kier molecular flexibility index (Phi) is 5.19. The lowest BCUT2D eigenvalue weighted by Gasteiger charge is -2.25. The molecule has 1 rings (SSSR count). The number of aliphatic hydroxyl groups is 2. The van der Waals surface area contributed by atoms with Crippen LogP contribution < -0.4 is 5.32 Å². The van der Waals surface area contributed by atoms with Gasteiger partial charge < -0.3 is 15.5 Å². The number of benzene rings is 1. The topological polar surface area (TPSA) is 52.5 Å². The Hall–Kier alpha value is -1.16. The maximum Gasteiger partial charge on any atom is 0.0633 e. The molecule has 0 aliphatic rings. The van der Waals surface area contributed by atoms with Gasteiger partial charge in [-0.2, -0.15) is 0 Å². The van der Waals surface area contributed by atoms with E-state index < -0.39 is 5.54 Å². The van der Waals surface area contributed by atoms with Crippen LogP contribution in [0.2, 0.25) is 0 Å². The van der Waals surface area contributed by atoms with Crippen molar-refractivity contribution >= 4 is 6.08 Å². The Labute approximate surface area is 96.4 Å². The Balaban J connectivity index is 2.38. The molecule has 0 bridgehead atoms. The van der Waals surface area contributed by atoms with Crippen molar-refractivity contribution in [1.29, 1.82) is 0 Å². The molecule has 3 N–H and O–H groups in total. The molecule has 0 aliphatic carbocycles. The van der Waals surface area contributed by atoms with Crippen LogP contribution in [0, 0.1) is 0 Å². The molecule has 0 radical (unpaired) electrons. The van der Waals surface area contributed by atoms with Gasteiger partial charge in [0.15, 0.2) is 0 Å². The van der Waals surface area contributed by atoms with E-state index in [1.807, 2.05) is 42.5 Å². The van der Waals surface area contributed by atoms with E-state index in [-0.39, 0.29) is 13.2 Å².